The van der Waals surface area contributed by atoms with Gasteiger partial charge in [-0.2, -0.15) is 13.2 Å². The summed E-state index contributed by atoms with van der Waals surface area (Å²) < 4.78 is 31.7. The quantitative estimate of drug-likeness (QED) is 0.516. The topological polar surface area (TPSA) is 130 Å². The zero-order valence-corrected chi connectivity index (χ0v) is 15.6. The van der Waals surface area contributed by atoms with Gasteiger partial charge >= 0.3 is 12.1 Å². The molecule has 0 aromatic heterocycles. The second kappa shape index (κ2) is 11.3. The van der Waals surface area contributed by atoms with Gasteiger partial charge < -0.3 is 21.1 Å². The maximum absolute atomic E-state index is 12.1. The lowest BCUT2D eigenvalue weighted by Crippen LogP contribution is -2.45. The van der Waals surface area contributed by atoms with E-state index in [2.05, 4.69) is 5.32 Å². The molecular weight excluding hydrogens is 383 g/mol. The third kappa shape index (κ3) is 9.36. The normalized spacial score (nSPS) is 17.1. The van der Waals surface area contributed by atoms with E-state index in [1.165, 1.54) is 4.90 Å². The van der Waals surface area contributed by atoms with Crippen molar-refractivity contribution in [3.63, 3.8) is 0 Å². The molecule has 0 aliphatic carbocycles. The number of hydrogen-bond acceptors (Lipinski definition) is 5. The van der Waals surface area contributed by atoms with E-state index in [0.29, 0.717) is 25.3 Å². The Morgan fingerprint density at radius 3 is 2.29 bits per heavy atom. The summed E-state index contributed by atoms with van der Waals surface area (Å²) in [5.74, 6) is -1.69. The number of nitrogens with zero attached hydrogens (tertiary/aromatic N) is 1. The van der Waals surface area contributed by atoms with E-state index in [9.17, 15) is 27.6 Å². The molecule has 4 N–H and O–H groups in total. The lowest BCUT2D eigenvalue weighted by molar-refractivity contribution is -0.192. The van der Waals surface area contributed by atoms with Crippen LogP contribution in [-0.2, 0) is 19.2 Å². The minimum Gasteiger partial charge on any atom is -0.475 e. The molecule has 0 aromatic rings. The average molecular weight is 407 g/mol. The number of carboxylic acid groups (broad SMARTS) is 1. The van der Waals surface area contributed by atoms with E-state index in [1.54, 1.807) is 0 Å². The van der Waals surface area contributed by atoms with Gasteiger partial charge in [-0.05, 0) is 24.7 Å². The summed E-state index contributed by atoms with van der Waals surface area (Å²) in [6.45, 7) is 4.55. The van der Waals surface area contributed by atoms with Gasteiger partial charge in [0.25, 0.3) is 5.91 Å². The first-order valence-electron chi connectivity index (χ1n) is 8.41. The second-order valence-corrected chi connectivity index (χ2v) is 6.61. The van der Waals surface area contributed by atoms with Crippen LogP contribution in [0.25, 0.3) is 0 Å². The summed E-state index contributed by atoms with van der Waals surface area (Å²) in [5, 5.41) is 9.82. The summed E-state index contributed by atoms with van der Waals surface area (Å²) >= 11 is 0. The first kappa shape index (κ1) is 25.4. The first-order valence-corrected chi connectivity index (χ1v) is 8.41. The second-order valence-electron chi connectivity index (χ2n) is 6.61. The highest BCUT2D eigenvalue weighted by molar-refractivity contribution is 5.97. The Bertz CT molecular complexity index is 629. The van der Waals surface area contributed by atoms with Crippen LogP contribution >= 0.6 is 0 Å². The first-order chi connectivity index (χ1) is 12.8. The van der Waals surface area contributed by atoms with Crippen LogP contribution in [0.5, 0.6) is 0 Å². The standard InChI is InChI=1S/C15H23N3O3.C2HF3O2/c1-4-14(20)18(8-11-5-6-17-15(11)21)9-13(19)12(16)7-10(2)3;3-2(4,5)1(6)7/h1,10-12H,5-9,16H2,2-3H3,(H,17,21);(H,6,7)/t11-,12-;/m0./s1. The van der Waals surface area contributed by atoms with Crippen molar-refractivity contribution in [3.8, 4) is 12.3 Å². The molecule has 11 heteroatoms. The number of nitrogens with two attached hydrogens (primary N) is 1. The molecule has 1 fully saturated rings. The Labute approximate surface area is 160 Å². The molecule has 158 valence electrons. The number of nitrogens with one attached hydrogen (secondary N) is 1. The number of carbonyl (C=O) groups is 4. The number of carboxylic acids is 1. The lowest BCUT2D eigenvalue weighted by Gasteiger charge is -2.23. The summed E-state index contributed by atoms with van der Waals surface area (Å²) in [6.07, 6.45) is 1.24. The van der Waals surface area contributed by atoms with E-state index < -0.39 is 24.1 Å². The van der Waals surface area contributed by atoms with E-state index in [1.807, 2.05) is 19.8 Å². The highest BCUT2D eigenvalue weighted by atomic mass is 19.4. The molecule has 2 atom stereocenters. The van der Waals surface area contributed by atoms with Gasteiger partial charge in [-0.25, -0.2) is 4.79 Å². The van der Waals surface area contributed by atoms with Crippen LogP contribution in [0.2, 0.25) is 0 Å². The van der Waals surface area contributed by atoms with E-state index in [0.717, 1.165) is 0 Å². The molecule has 8 nitrogen and oxygen atoms in total. The fourth-order valence-corrected chi connectivity index (χ4v) is 2.34. The molecule has 1 saturated heterocycles. The summed E-state index contributed by atoms with van der Waals surface area (Å²) in [6, 6.07) is -0.615. The van der Waals surface area contributed by atoms with Crippen molar-refractivity contribution in [1.82, 2.24) is 10.2 Å². The Balaban J connectivity index is 0.000000887. The van der Waals surface area contributed by atoms with Crippen molar-refractivity contribution in [2.75, 3.05) is 19.6 Å². The predicted octanol–water partition coefficient (Wildman–Crippen LogP) is 0.160. The van der Waals surface area contributed by atoms with Crippen molar-refractivity contribution >= 4 is 23.6 Å². The fourth-order valence-electron chi connectivity index (χ4n) is 2.34. The number of Topliss-reactive ketones (excluding diaryl/α,β-unsaturated/α-hetero) is 1. The van der Waals surface area contributed by atoms with Gasteiger partial charge in [-0.1, -0.05) is 13.8 Å². The van der Waals surface area contributed by atoms with Gasteiger partial charge in [-0.15, -0.1) is 6.42 Å². The number of terminal acetylenes is 1. The van der Waals surface area contributed by atoms with Gasteiger partial charge in [0.05, 0.1) is 18.5 Å². The number of aliphatic carboxylic acids is 1. The molecule has 0 saturated carbocycles. The molecule has 0 aromatic carbocycles. The molecule has 1 aliphatic rings. The molecule has 1 aliphatic heterocycles. The maximum atomic E-state index is 12.1. The van der Waals surface area contributed by atoms with Crippen LogP contribution in [0.15, 0.2) is 0 Å². The Morgan fingerprint density at radius 2 is 1.93 bits per heavy atom. The molecular formula is C17H24F3N3O5. The summed E-state index contributed by atoms with van der Waals surface area (Å²) in [4.78, 5) is 45.5. The third-order valence-electron chi connectivity index (χ3n) is 3.74. The van der Waals surface area contributed by atoms with Crippen molar-refractivity contribution in [3.05, 3.63) is 0 Å². The number of halogens is 3. The van der Waals surface area contributed by atoms with E-state index in [-0.39, 0.29) is 30.7 Å². The zero-order valence-electron chi connectivity index (χ0n) is 15.6. The molecule has 0 spiro atoms. The van der Waals surface area contributed by atoms with Crippen LogP contribution in [0.1, 0.15) is 26.7 Å². The number of ketones is 1. The van der Waals surface area contributed by atoms with Crippen LogP contribution in [0.3, 0.4) is 0 Å². The van der Waals surface area contributed by atoms with Crippen molar-refractivity contribution in [2.24, 2.45) is 17.6 Å². The van der Waals surface area contributed by atoms with Crippen molar-refractivity contribution in [1.29, 1.82) is 0 Å². The highest BCUT2D eigenvalue weighted by Gasteiger charge is 2.38. The zero-order chi connectivity index (χ0) is 22.1. The number of carbonyl (C=O) groups excluding carboxylic acids is 3. The summed E-state index contributed by atoms with van der Waals surface area (Å²) in [7, 11) is 0. The van der Waals surface area contributed by atoms with Gasteiger partial charge in [0.1, 0.15) is 0 Å². The third-order valence-corrected chi connectivity index (χ3v) is 3.74. The largest absolute Gasteiger partial charge is 0.490 e. The number of hydrogen-bond donors (Lipinski definition) is 3. The molecule has 2 amide bonds. The smallest absolute Gasteiger partial charge is 0.475 e. The molecule has 0 radical (unpaired) electrons. The Kier molecular flexibility index (Phi) is 10.2. The van der Waals surface area contributed by atoms with E-state index in [4.69, 9.17) is 22.1 Å². The lowest BCUT2D eigenvalue weighted by atomic mass is 10.0. The monoisotopic (exact) mass is 407 g/mol. The van der Waals surface area contributed by atoms with Gasteiger partial charge in [-0.3, -0.25) is 14.4 Å². The van der Waals surface area contributed by atoms with E-state index >= 15 is 0 Å². The maximum Gasteiger partial charge on any atom is 0.490 e. The van der Waals surface area contributed by atoms with Gasteiger partial charge in [0.2, 0.25) is 5.91 Å². The minimum absolute atomic E-state index is 0.108. The number of rotatable bonds is 7. The van der Waals surface area contributed by atoms with Crippen LogP contribution in [0.4, 0.5) is 13.2 Å². The molecule has 0 unspecified atom stereocenters. The van der Waals surface area contributed by atoms with Gasteiger partial charge in [0.15, 0.2) is 5.78 Å². The molecule has 1 rings (SSSR count). The Hall–Kier alpha value is -2.61. The number of amides is 2. The van der Waals surface area contributed by atoms with Crippen LogP contribution < -0.4 is 11.1 Å². The highest BCUT2D eigenvalue weighted by Crippen LogP contribution is 2.13. The van der Waals surface area contributed by atoms with Crippen molar-refractivity contribution < 1.29 is 37.5 Å². The van der Waals surface area contributed by atoms with Crippen LogP contribution in [0, 0.1) is 24.2 Å². The molecule has 1 heterocycles. The average Bonchev–Trinajstić information content (AvgIpc) is 2.97. The minimum atomic E-state index is -5.08. The summed E-state index contributed by atoms with van der Waals surface area (Å²) in [5.41, 5.74) is 5.83. The molecule has 28 heavy (non-hydrogen) atoms. The van der Waals surface area contributed by atoms with Crippen LogP contribution in [-0.4, -0.2) is 65.4 Å². The van der Waals surface area contributed by atoms with Gasteiger partial charge in [0, 0.05) is 13.1 Å². The predicted molar refractivity (Wildman–Crippen MR) is 92.7 cm³/mol. The SMILES string of the molecule is C#CC(=O)N(CC(=O)[C@@H](N)CC(C)C)C[C@@H]1CCNC1=O.O=C(O)C(F)(F)F. The fraction of sp³-hybridized carbons (Fsp3) is 0.647. The Morgan fingerprint density at radius 1 is 1.39 bits per heavy atom. The van der Waals surface area contributed by atoms with Crippen molar-refractivity contribution in [2.45, 2.75) is 38.9 Å². The molecule has 0 bridgehead atoms. The number of alkyl halides is 3.